The first-order chi connectivity index (χ1) is 11.7. The van der Waals surface area contributed by atoms with Gasteiger partial charge in [0, 0.05) is 24.8 Å². The van der Waals surface area contributed by atoms with E-state index in [0.717, 1.165) is 12.8 Å². The minimum absolute atomic E-state index is 0.0583. The van der Waals surface area contributed by atoms with Gasteiger partial charge in [-0.1, -0.05) is 41.9 Å². The molecule has 2 aromatic rings. The van der Waals surface area contributed by atoms with Gasteiger partial charge in [0.05, 0.1) is 5.56 Å². The molecule has 1 amide bonds. The van der Waals surface area contributed by atoms with Crippen LogP contribution in [0.3, 0.4) is 0 Å². The maximum Gasteiger partial charge on any atom is 0.342 e. The Kier molecular flexibility index (Phi) is 5.11. The van der Waals surface area contributed by atoms with E-state index in [4.69, 9.17) is 16.3 Å². The molecule has 0 radical (unpaired) electrons. The van der Waals surface area contributed by atoms with Gasteiger partial charge in [-0.15, -0.1) is 0 Å². The van der Waals surface area contributed by atoms with Crippen molar-refractivity contribution in [1.82, 2.24) is 9.88 Å². The molecule has 0 saturated carbocycles. The van der Waals surface area contributed by atoms with E-state index < -0.39 is 12.1 Å². The molecular weight excluding hydrogens is 328 g/mol. The van der Waals surface area contributed by atoms with Gasteiger partial charge < -0.3 is 9.64 Å². The van der Waals surface area contributed by atoms with Gasteiger partial charge in [0.25, 0.3) is 5.91 Å². The first-order valence-corrected chi connectivity index (χ1v) is 8.20. The van der Waals surface area contributed by atoms with Crippen LogP contribution in [0.25, 0.3) is 0 Å². The number of halogens is 1. The molecule has 124 valence electrons. The fourth-order valence-corrected chi connectivity index (χ4v) is 2.90. The van der Waals surface area contributed by atoms with Crippen LogP contribution in [-0.4, -0.2) is 34.8 Å². The number of aromatic nitrogens is 1. The molecule has 1 aliphatic heterocycles. The molecular formula is C18H17ClN2O3. The second-order valence-corrected chi connectivity index (χ2v) is 5.93. The van der Waals surface area contributed by atoms with Crippen LogP contribution in [0.5, 0.6) is 0 Å². The number of carbonyl (C=O) groups excluding carboxylic acids is 2. The molecule has 0 unspecified atom stereocenters. The number of pyridine rings is 1. The number of carbonyl (C=O) groups is 2. The summed E-state index contributed by atoms with van der Waals surface area (Å²) in [6.07, 6.45) is 2.45. The Balaban J connectivity index is 1.86. The highest BCUT2D eigenvalue weighted by molar-refractivity contribution is 6.32. The van der Waals surface area contributed by atoms with Crippen molar-refractivity contribution in [2.45, 2.75) is 18.9 Å². The van der Waals surface area contributed by atoms with E-state index in [1.807, 2.05) is 18.2 Å². The highest BCUT2D eigenvalue weighted by Crippen LogP contribution is 2.25. The van der Waals surface area contributed by atoms with E-state index in [0.29, 0.717) is 18.7 Å². The topological polar surface area (TPSA) is 59.5 Å². The van der Waals surface area contributed by atoms with E-state index in [-0.39, 0.29) is 16.6 Å². The summed E-state index contributed by atoms with van der Waals surface area (Å²) in [5.74, 6) is -0.860. The van der Waals surface area contributed by atoms with E-state index in [1.165, 1.54) is 12.3 Å². The van der Waals surface area contributed by atoms with Crippen molar-refractivity contribution < 1.29 is 14.3 Å². The van der Waals surface area contributed by atoms with E-state index in [2.05, 4.69) is 4.98 Å². The zero-order valence-corrected chi connectivity index (χ0v) is 13.8. The van der Waals surface area contributed by atoms with Crippen molar-refractivity contribution >= 4 is 23.5 Å². The third-order valence-electron chi connectivity index (χ3n) is 3.95. The number of rotatable bonds is 4. The molecule has 24 heavy (non-hydrogen) atoms. The van der Waals surface area contributed by atoms with Gasteiger partial charge in [-0.3, -0.25) is 4.79 Å². The molecule has 1 aromatic carbocycles. The van der Waals surface area contributed by atoms with Crippen molar-refractivity contribution in [3.63, 3.8) is 0 Å². The Morgan fingerprint density at radius 1 is 1.08 bits per heavy atom. The number of amides is 1. The minimum atomic E-state index is -0.979. The van der Waals surface area contributed by atoms with Gasteiger partial charge in [-0.25, -0.2) is 9.78 Å². The lowest BCUT2D eigenvalue weighted by Gasteiger charge is -2.23. The second-order valence-electron chi connectivity index (χ2n) is 5.57. The summed E-state index contributed by atoms with van der Waals surface area (Å²) in [4.78, 5) is 30.9. The van der Waals surface area contributed by atoms with E-state index in [9.17, 15) is 9.59 Å². The summed E-state index contributed by atoms with van der Waals surface area (Å²) in [5, 5.41) is 0.0583. The Morgan fingerprint density at radius 3 is 2.46 bits per heavy atom. The van der Waals surface area contributed by atoms with E-state index in [1.54, 1.807) is 23.1 Å². The standard InChI is InChI=1S/C18H17ClN2O3/c19-16-14(9-6-10-20-16)18(23)24-15(13-7-2-1-3-8-13)17(22)21-11-4-5-12-21/h1-3,6-10,15H,4-5,11-12H2/t15-/m0/s1. The Bertz CT molecular complexity index is 730. The number of esters is 1. The fraction of sp³-hybridized carbons (Fsp3) is 0.278. The first-order valence-electron chi connectivity index (χ1n) is 7.82. The number of likely N-dealkylation sites (tertiary alicyclic amines) is 1. The van der Waals surface area contributed by atoms with Crippen LogP contribution < -0.4 is 0 Å². The maximum atomic E-state index is 12.8. The zero-order valence-electron chi connectivity index (χ0n) is 13.0. The van der Waals surface area contributed by atoms with Crippen molar-refractivity contribution in [1.29, 1.82) is 0 Å². The Labute approximate surface area is 145 Å². The molecule has 6 heteroatoms. The number of benzene rings is 1. The van der Waals surface area contributed by atoms with Gasteiger partial charge >= 0.3 is 5.97 Å². The van der Waals surface area contributed by atoms with Gasteiger partial charge in [-0.2, -0.15) is 0 Å². The fourth-order valence-electron chi connectivity index (χ4n) is 2.70. The highest BCUT2D eigenvalue weighted by Gasteiger charge is 2.31. The molecule has 1 atom stereocenters. The molecule has 1 aromatic heterocycles. The quantitative estimate of drug-likeness (QED) is 0.631. The monoisotopic (exact) mass is 344 g/mol. The minimum Gasteiger partial charge on any atom is -0.444 e. The zero-order chi connectivity index (χ0) is 16.9. The van der Waals surface area contributed by atoms with Gasteiger partial charge in [0.1, 0.15) is 5.15 Å². The molecule has 0 bridgehead atoms. The third-order valence-corrected chi connectivity index (χ3v) is 4.25. The molecule has 0 spiro atoms. The molecule has 3 rings (SSSR count). The molecule has 1 saturated heterocycles. The average Bonchev–Trinajstić information content (AvgIpc) is 3.15. The van der Waals surface area contributed by atoms with Crippen molar-refractivity contribution in [2.24, 2.45) is 0 Å². The highest BCUT2D eigenvalue weighted by atomic mass is 35.5. The molecule has 2 heterocycles. The van der Waals surface area contributed by atoms with Crippen molar-refractivity contribution in [3.05, 3.63) is 64.9 Å². The van der Waals surface area contributed by atoms with Crippen LogP contribution in [0, 0.1) is 0 Å². The van der Waals surface area contributed by atoms with Crippen LogP contribution in [0.15, 0.2) is 48.7 Å². The van der Waals surface area contributed by atoms with Gasteiger partial charge in [0.15, 0.2) is 0 Å². The lowest BCUT2D eigenvalue weighted by Crippen LogP contribution is -2.34. The normalized spacial score (nSPS) is 15.1. The largest absolute Gasteiger partial charge is 0.444 e. The molecule has 5 nitrogen and oxygen atoms in total. The number of hydrogen-bond acceptors (Lipinski definition) is 4. The first kappa shape index (κ1) is 16.5. The van der Waals surface area contributed by atoms with Gasteiger partial charge in [0.2, 0.25) is 6.10 Å². The van der Waals surface area contributed by atoms with Crippen LogP contribution in [0.1, 0.15) is 34.9 Å². The lowest BCUT2D eigenvalue weighted by atomic mass is 10.1. The van der Waals surface area contributed by atoms with Crippen LogP contribution in [0.2, 0.25) is 5.15 Å². The predicted molar refractivity (Wildman–Crippen MR) is 89.7 cm³/mol. The second kappa shape index (κ2) is 7.45. The molecule has 1 fully saturated rings. The summed E-state index contributed by atoms with van der Waals surface area (Å²) >= 11 is 5.95. The van der Waals surface area contributed by atoms with Crippen molar-refractivity contribution in [3.8, 4) is 0 Å². The third kappa shape index (κ3) is 3.57. The summed E-state index contributed by atoms with van der Waals surface area (Å²) in [5.41, 5.74) is 0.789. The van der Waals surface area contributed by atoms with Gasteiger partial charge in [-0.05, 0) is 25.0 Å². The summed E-state index contributed by atoms with van der Waals surface area (Å²) in [6.45, 7) is 1.38. The maximum absolute atomic E-state index is 12.8. The number of nitrogens with zero attached hydrogens (tertiary/aromatic N) is 2. The van der Waals surface area contributed by atoms with Crippen LogP contribution >= 0.6 is 11.6 Å². The number of hydrogen-bond donors (Lipinski definition) is 0. The number of ether oxygens (including phenoxy) is 1. The smallest absolute Gasteiger partial charge is 0.342 e. The Hall–Kier alpha value is -2.40. The van der Waals surface area contributed by atoms with Crippen LogP contribution in [-0.2, 0) is 9.53 Å². The molecule has 1 aliphatic rings. The SMILES string of the molecule is O=C(O[C@H](C(=O)N1CCCC1)c1ccccc1)c1cccnc1Cl. The van der Waals surface area contributed by atoms with Crippen LogP contribution in [0.4, 0.5) is 0 Å². The predicted octanol–water partition coefficient (Wildman–Crippen LogP) is 3.26. The summed E-state index contributed by atoms with van der Waals surface area (Å²) < 4.78 is 5.52. The molecule has 0 N–H and O–H groups in total. The average molecular weight is 345 g/mol. The van der Waals surface area contributed by atoms with E-state index >= 15 is 0 Å². The van der Waals surface area contributed by atoms with Crippen molar-refractivity contribution in [2.75, 3.05) is 13.1 Å². The Morgan fingerprint density at radius 2 is 1.79 bits per heavy atom. The summed E-state index contributed by atoms with van der Waals surface area (Å²) in [6, 6.07) is 12.1. The molecule has 0 aliphatic carbocycles. The lowest BCUT2D eigenvalue weighted by molar-refractivity contribution is -0.140. The summed E-state index contributed by atoms with van der Waals surface area (Å²) in [7, 11) is 0.